The second-order valence-corrected chi connectivity index (χ2v) is 7.49. The zero-order chi connectivity index (χ0) is 15.0. The summed E-state index contributed by atoms with van der Waals surface area (Å²) < 4.78 is 30.6. The highest BCUT2D eigenvalue weighted by molar-refractivity contribution is 7.87. The van der Waals surface area contributed by atoms with Crippen LogP contribution in [0.5, 0.6) is 5.75 Å². The largest absolute Gasteiger partial charge is 0.379 e. The van der Waals surface area contributed by atoms with Crippen molar-refractivity contribution >= 4 is 31.7 Å². The molecule has 2 aromatic carbocycles. The summed E-state index contributed by atoms with van der Waals surface area (Å²) in [6, 6.07) is 11.7. The summed E-state index contributed by atoms with van der Waals surface area (Å²) >= 11 is 1.56. The highest BCUT2D eigenvalue weighted by Crippen LogP contribution is 2.27. The van der Waals surface area contributed by atoms with Crippen molar-refractivity contribution in [2.24, 2.45) is 0 Å². The Morgan fingerprint density at radius 3 is 2.48 bits per heavy atom. The Hall–Kier alpha value is -1.92. The molecular weight excluding hydrogens is 306 g/mol. The molecule has 4 nitrogen and oxygen atoms in total. The molecule has 0 spiro atoms. The molecule has 0 fully saturated rings. The van der Waals surface area contributed by atoms with Gasteiger partial charge in [0.2, 0.25) is 0 Å². The van der Waals surface area contributed by atoms with Gasteiger partial charge in [0, 0.05) is 6.07 Å². The monoisotopic (exact) mass is 319 g/mol. The van der Waals surface area contributed by atoms with Crippen molar-refractivity contribution in [1.82, 2.24) is 4.98 Å². The number of rotatable bonds is 3. The smallest absolute Gasteiger partial charge is 0.339 e. The Bertz CT molecular complexity index is 896. The number of aryl methyl sites for hydroxylation is 2. The first-order valence-electron chi connectivity index (χ1n) is 6.32. The molecule has 0 N–H and O–H groups in total. The number of hydrogen-bond acceptors (Lipinski definition) is 5. The van der Waals surface area contributed by atoms with E-state index in [0.717, 1.165) is 20.8 Å². The molecule has 0 aliphatic heterocycles. The highest BCUT2D eigenvalue weighted by atomic mass is 32.2. The lowest BCUT2D eigenvalue weighted by Gasteiger charge is -2.07. The van der Waals surface area contributed by atoms with E-state index in [1.807, 2.05) is 19.9 Å². The quantitative estimate of drug-likeness (QED) is 0.691. The molecule has 0 bridgehead atoms. The number of nitrogens with zero attached hydrogens (tertiary/aromatic N) is 1. The Labute approximate surface area is 127 Å². The fourth-order valence-corrected chi connectivity index (χ4v) is 3.68. The van der Waals surface area contributed by atoms with Gasteiger partial charge in [-0.05, 0) is 38.1 Å². The lowest BCUT2D eigenvalue weighted by atomic mass is 10.2. The van der Waals surface area contributed by atoms with Crippen LogP contribution < -0.4 is 4.18 Å². The summed E-state index contributed by atoms with van der Waals surface area (Å²) in [7, 11) is -3.82. The summed E-state index contributed by atoms with van der Waals surface area (Å²) in [6.45, 7) is 3.81. The molecule has 0 radical (unpaired) electrons. The van der Waals surface area contributed by atoms with E-state index in [2.05, 4.69) is 4.98 Å². The third kappa shape index (κ3) is 2.91. The Morgan fingerprint density at radius 1 is 1.05 bits per heavy atom. The molecule has 0 saturated carbocycles. The predicted octanol–water partition coefficient (Wildman–Crippen LogP) is 3.68. The topological polar surface area (TPSA) is 56.3 Å². The van der Waals surface area contributed by atoms with Crippen LogP contribution in [0.25, 0.3) is 10.2 Å². The molecule has 3 rings (SSSR count). The number of thiazole rings is 1. The summed E-state index contributed by atoms with van der Waals surface area (Å²) in [5, 5.41) is 0.934. The van der Waals surface area contributed by atoms with Gasteiger partial charge in [-0.25, -0.2) is 4.98 Å². The summed E-state index contributed by atoms with van der Waals surface area (Å²) in [5.74, 6) is 0.272. The standard InChI is InChI=1S/C15H13NO3S2/c1-10-3-6-13(7-4-10)21(17,18)19-12-5-8-15-14(9-12)16-11(2)20-15/h3-9H,1-2H3. The molecule has 0 aliphatic rings. The van der Waals surface area contributed by atoms with Gasteiger partial charge in [-0.1, -0.05) is 17.7 Å². The maximum Gasteiger partial charge on any atom is 0.339 e. The van der Waals surface area contributed by atoms with Gasteiger partial charge in [0.05, 0.1) is 15.2 Å². The molecule has 0 atom stereocenters. The van der Waals surface area contributed by atoms with Crippen LogP contribution in [0.3, 0.4) is 0 Å². The average Bonchev–Trinajstić information content (AvgIpc) is 2.78. The average molecular weight is 319 g/mol. The summed E-state index contributed by atoms with van der Waals surface area (Å²) in [5.41, 5.74) is 1.74. The Balaban J connectivity index is 1.94. The van der Waals surface area contributed by atoms with Crippen LogP contribution in [0.4, 0.5) is 0 Å². The lowest BCUT2D eigenvalue weighted by Crippen LogP contribution is -2.09. The molecule has 0 unspecified atom stereocenters. The van der Waals surface area contributed by atoms with Gasteiger partial charge in [-0.2, -0.15) is 8.42 Å². The molecule has 1 aromatic heterocycles. The van der Waals surface area contributed by atoms with Crippen LogP contribution in [0.15, 0.2) is 47.4 Å². The fourth-order valence-electron chi connectivity index (χ4n) is 1.95. The van der Waals surface area contributed by atoms with Gasteiger partial charge in [-0.15, -0.1) is 11.3 Å². The number of hydrogen-bond donors (Lipinski definition) is 0. The molecule has 108 valence electrons. The first kappa shape index (κ1) is 14.0. The third-order valence-electron chi connectivity index (χ3n) is 2.98. The van der Waals surface area contributed by atoms with Crippen LogP contribution in [0, 0.1) is 13.8 Å². The van der Waals surface area contributed by atoms with Crippen LogP contribution in [-0.4, -0.2) is 13.4 Å². The minimum atomic E-state index is -3.82. The van der Waals surface area contributed by atoms with Crippen molar-refractivity contribution in [3.63, 3.8) is 0 Å². The minimum Gasteiger partial charge on any atom is -0.379 e. The fraction of sp³-hybridized carbons (Fsp3) is 0.133. The molecule has 1 heterocycles. The van der Waals surface area contributed by atoms with E-state index >= 15 is 0 Å². The maximum absolute atomic E-state index is 12.2. The van der Waals surface area contributed by atoms with E-state index in [1.54, 1.807) is 35.6 Å². The maximum atomic E-state index is 12.2. The van der Waals surface area contributed by atoms with E-state index in [4.69, 9.17) is 4.18 Å². The van der Waals surface area contributed by atoms with Crippen molar-refractivity contribution in [3.8, 4) is 5.75 Å². The highest BCUT2D eigenvalue weighted by Gasteiger charge is 2.16. The molecule has 6 heteroatoms. The van der Waals surface area contributed by atoms with Crippen LogP contribution in [0.2, 0.25) is 0 Å². The van der Waals surface area contributed by atoms with E-state index in [-0.39, 0.29) is 10.6 Å². The SMILES string of the molecule is Cc1ccc(S(=O)(=O)Oc2ccc3sc(C)nc3c2)cc1. The van der Waals surface area contributed by atoms with Crippen LogP contribution >= 0.6 is 11.3 Å². The molecule has 21 heavy (non-hydrogen) atoms. The predicted molar refractivity (Wildman–Crippen MR) is 83.3 cm³/mol. The first-order valence-corrected chi connectivity index (χ1v) is 8.55. The zero-order valence-electron chi connectivity index (χ0n) is 11.5. The van der Waals surface area contributed by atoms with Crippen molar-refractivity contribution in [1.29, 1.82) is 0 Å². The third-order valence-corrected chi connectivity index (χ3v) is 5.19. The van der Waals surface area contributed by atoms with Gasteiger partial charge >= 0.3 is 10.1 Å². The summed E-state index contributed by atoms with van der Waals surface area (Å²) in [6.07, 6.45) is 0. The number of aromatic nitrogens is 1. The second-order valence-electron chi connectivity index (χ2n) is 4.71. The van der Waals surface area contributed by atoms with E-state index < -0.39 is 10.1 Å². The number of fused-ring (bicyclic) bond motifs is 1. The number of benzene rings is 2. The van der Waals surface area contributed by atoms with Gasteiger partial charge in [-0.3, -0.25) is 0 Å². The van der Waals surface area contributed by atoms with Crippen molar-refractivity contribution in [3.05, 3.63) is 53.0 Å². The molecular formula is C15H13NO3S2. The molecule has 0 aliphatic carbocycles. The van der Waals surface area contributed by atoms with Gasteiger partial charge < -0.3 is 4.18 Å². The van der Waals surface area contributed by atoms with E-state index in [0.29, 0.717) is 0 Å². The second kappa shape index (κ2) is 5.13. The van der Waals surface area contributed by atoms with E-state index in [1.165, 1.54) is 12.1 Å². The van der Waals surface area contributed by atoms with E-state index in [9.17, 15) is 8.42 Å². The summed E-state index contributed by atoms with van der Waals surface area (Å²) in [4.78, 5) is 4.47. The van der Waals surface area contributed by atoms with Crippen molar-refractivity contribution < 1.29 is 12.6 Å². The van der Waals surface area contributed by atoms with Crippen LogP contribution in [-0.2, 0) is 10.1 Å². The Kier molecular flexibility index (Phi) is 3.43. The van der Waals surface area contributed by atoms with Gasteiger partial charge in [0.25, 0.3) is 0 Å². The van der Waals surface area contributed by atoms with Gasteiger partial charge in [0.15, 0.2) is 0 Å². The first-order chi connectivity index (χ1) is 9.94. The molecule has 3 aromatic rings. The van der Waals surface area contributed by atoms with Crippen molar-refractivity contribution in [2.45, 2.75) is 18.7 Å². The van der Waals surface area contributed by atoms with Gasteiger partial charge in [0.1, 0.15) is 10.6 Å². The zero-order valence-corrected chi connectivity index (χ0v) is 13.2. The Morgan fingerprint density at radius 2 is 1.76 bits per heavy atom. The molecule has 0 amide bonds. The normalized spacial score (nSPS) is 11.7. The minimum absolute atomic E-state index is 0.141. The van der Waals surface area contributed by atoms with Crippen LogP contribution in [0.1, 0.15) is 10.6 Å². The molecule has 0 saturated heterocycles. The van der Waals surface area contributed by atoms with Crippen molar-refractivity contribution in [2.75, 3.05) is 0 Å². The lowest BCUT2D eigenvalue weighted by molar-refractivity contribution is 0.486.